The van der Waals surface area contributed by atoms with Crippen LogP contribution in [0.1, 0.15) is 149 Å². The summed E-state index contributed by atoms with van der Waals surface area (Å²) in [6, 6.07) is -0.424. The summed E-state index contributed by atoms with van der Waals surface area (Å²) in [5.41, 5.74) is 5.98. The summed E-state index contributed by atoms with van der Waals surface area (Å²) >= 11 is 0. The Morgan fingerprint density at radius 2 is 0.903 bits per heavy atom. The molecule has 1 atom stereocenters. The van der Waals surface area contributed by atoms with Crippen molar-refractivity contribution in [3.63, 3.8) is 0 Å². The van der Waals surface area contributed by atoms with Crippen molar-refractivity contribution in [1.29, 1.82) is 0 Å². The van der Waals surface area contributed by atoms with Gasteiger partial charge in [0.05, 0.1) is 6.61 Å². The SMILES string of the molecule is CCCCCCCCCCCCOC(=O)C(N)CCCCCCCCCCCC.[NaH].[NaH]. The van der Waals surface area contributed by atoms with E-state index in [0.29, 0.717) is 6.61 Å². The van der Waals surface area contributed by atoms with E-state index in [4.69, 9.17) is 10.5 Å². The van der Waals surface area contributed by atoms with Crippen LogP contribution >= 0.6 is 0 Å². The number of ether oxygens (including phenoxy) is 1. The number of carbonyl (C=O) groups is 1. The van der Waals surface area contributed by atoms with Gasteiger partial charge in [0.15, 0.2) is 0 Å². The third-order valence-electron chi connectivity index (χ3n) is 5.91. The van der Waals surface area contributed by atoms with Crippen LogP contribution in [0.5, 0.6) is 0 Å². The molecule has 2 N–H and O–H groups in total. The zero-order chi connectivity index (χ0) is 21.4. The summed E-state index contributed by atoms with van der Waals surface area (Å²) in [5.74, 6) is -0.197. The van der Waals surface area contributed by atoms with Crippen LogP contribution in [0, 0.1) is 0 Å². The average molecular weight is 460 g/mol. The van der Waals surface area contributed by atoms with E-state index in [1.165, 1.54) is 109 Å². The molecule has 0 saturated heterocycles. The molecule has 0 fully saturated rings. The Morgan fingerprint density at radius 3 is 1.29 bits per heavy atom. The van der Waals surface area contributed by atoms with Crippen molar-refractivity contribution in [3.8, 4) is 0 Å². The Hall–Kier alpha value is 1.43. The third kappa shape index (κ3) is 29.4. The van der Waals surface area contributed by atoms with Crippen molar-refractivity contribution >= 4 is 65.1 Å². The Balaban J connectivity index is -0.00000392. The number of esters is 1. The molecule has 0 heterocycles. The first-order chi connectivity index (χ1) is 14.2. The van der Waals surface area contributed by atoms with Gasteiger partial charge in [0, 0.05) is 0 Å². The first-order valence-corrected chi connectivity index (χ1v) is 13.1. The topological polar surface area (TPSA) is 52.3 Å². The van der Waals surface area contributed by atoms with Crippen LogP contribution in [0.3, 0.4) is 0 Å². The molecule has 0 radical (unpaired) electrons. The summed E-state index contributed by atoms with van der Waals surface area (Å²) < 4.78 is 5.35. The van der Waals surface area contributed by atoms with Crippen molar-refractivity contribution in [3.05, 3.63) is 0 Å². The van der Waals surface area contributed by atoms with Crippen molar-refractivity contribution < 1.29 is 9.53 Å². The van der Waals surface area contributed by atoms with Gasteiger partial charge in [-0.15, -0.1) is 0 Å². The zero-order valence-electron chi connectivity index (χ0n) is 20.0. The Morgan fingerprint density at radius 1 is 0.581 bits per heavy atom. The van der Waals surface area contributed by atoms with Crippen molar-refractivity contribution in [1.82, 2.24) is 0 Å². The molecule has 178 valence electrons. The van der Waals surface area contributed by atoms with Crippen LogP contribution in [0.25, 0.3) is 0 Å². The maximum absolute atomic E-state index is 11.9. The van der Waals surface area contributed by atoms with Gasteiger partial charge in [-0.25, -0.2) is 0 Å². The standard InChI is InChI=1S/C26H53NO2.2Na.2H/c1-3-5-7-9-11-13-15-17-19-21-23-25(27)26(28)29-24-22-20-18-16-14-12-10-8-6-4-2;;;;/h25H,3-24,27H2,1-2H3;;;;. The number of unbranched alkanes of at least 4 members (excludes halogenated alkanes) is 18. The van der Waals surface area contributed by atoms with Crippen LogP contribution in [0.2, 0.25) is 0 Å². The van der Waals surface area contributed by atoms with Crippen molar-refractivity contribution in [2.45, 2.75) is 155 Å². The van der Waals surface area contributed by atoms with Gasteiger partial charge < -0.3 is 10.5 Å². The Kier molecular flexibility index (Phi) is 37.5. The monoisotopic (exact) mass is 459 g/mol. The van der Waals surface area contributed by atoms with Crippen LogP contribution < -0.4 is 5.73 Å². The normalized spacial score (nSPS) is 11.5. The van der Waals surface area contributed by atoms with Gasteiger partial charge in [-0.2, -0.15) is 0 Å². The van der Waals surface area contributed by atoms with Crippen LogP contribution in [0.15, 0.2) is 0 Å². The van der Waals surface area contributed by atoms with Gasteiger partial charge in [-0.3, -0.25) is 4.79 Å². The first kappa shape index (κ1) is 37.0. The first-order valence-electron chi connectivity index (χ1n) is 13.1. The fraction of sp³-hybridized carbons (Fsp3) is 0.962. The molecule has 0 aromatic rings. The molecule has 0 rings (SSSR count). The molecule has 0 saturated carbocycles. The van der Waals surface area contributed by atoms with Crippen LogP contribution in [0.4, 0.5) is 0 Å². The van der Waals surface area contributed by atoms with Crippen LogP contribution in [-0.2, 0) is 9.53 Å². The number of carbonyl (C=O) groups excluding carboxylic acids is 1. The second-order valence-corrected chi connectivity index (χ2v) is 8.93. The Bertz CT molecular complexity index is 343. The van der Waals surface area contributed by atoms with E-state index < -0.39 is 6.04 Å². The van der Waals surface area contributed by atoms with E-state index in [2.05, 4.69) is 13.8 Å². The van der Waals surface area contributed by atoms with E-state index in [1.54, 1.807) is 0 Å². The molecule has 3 nitrogen and oxygen atoms in total. The predicted octanol–water partition coefficient (Wildman–Crippen LogP) is 6.79. The fourth-order valence-electron chi connectivity index (χ4n) is 3.84. The zero-order valence-corrected chi connectivity index (χ0v) is 20.0. The molecule has 0 bridgehead atoms. The summed E-state index contributed by atoms with van der Waals surface area (Å²) in [6.07, 6.45) is 26.8. The van der Waals surface area contributed by atoms with E-state index in [0.717, 1.165) is 25.7 Å². The van der Waals surface area contributed by atoms with E-state index in [1.807, 2.05) is 0 Å². The van der Waals surface area contributed by atoms with Crippen molar-refractivity contribution in [2.24, 2.45) is 5.73 Å². The van der Waals surface area contributed by atoms with Gasteiger partial charge in [0.2, 0.25) is 0 Å². The number of rotatable bonds is 23. The summed E-state index contributed by atoms with van der Waals surface area (Å²) in [5, 5.41) is 0. The van der Waals surface area contributed by atoms with E-state index in [-0.39, 0.29) is 65.1 Å². The summed E-state index contributed by atoms with van der Waals surface area (Å²) in [4.78, 5) is 11.9. The minimum absolute atomic E-state index is 0. The number of hydrogen-bond donors (Lipinski definition) is 1. The van der Waals surface area contributed by atoms with E-state index >= 15 is 0 Å². The number of hydrogen-bond acceptors (Lipinski definition) is 3. The quantitative estimate of drug-likeness (QED) is 0.104. The molecule has 1 unspecified atom stereocenters. The maximum atomic E-state index is 11.9. The minimum atomic E-state index is -0.424. The van der Waals surface area contributed by atoms with E-state index in [9.17, 15) is 4.79 Å². The molecule has 0 aromatic carbocycles. The van der Waals surface area contributed by atoms with Gasteiger partial charge >= 0.3 is 65.1 Å². The molecule has 0 aromatic heterocycles. The fourth-order valence-corrected chi connectivity index (χ4v) is 3.84. The molecule has 0 aliphatic rings. The van der Waals surface area contributed by atoms with Gasteiger partial charge in [-0.1, -0.05) is 136 Å². The van der Waals surface area contributed by atoms with Crippen molar-refractivity contribution in [2.75, 3.05) is 6.61 Å². The van der Waals surface area contributed by atoms with Gasteiger partial charge in [0.25, 0.3) is 0 Å². The van der Waals surface area contributed by atoms with Gasteiger partial charge in [-0.05, 0) is 12.8 Å². The Labute approximate surface area is 239 Å². The summed E-state index contributed by atoms with van der Waals surface area (Å²) in [6.45, 7) is 5.07. The molecule has 31 heavy (non-hydrogen) atoms. The summed E-state index contributed by atoms with van der Waals surface area (Å²) in [7, 11) is 0. The molecule has 5 heteroatoms. The number of nitrogens with two attached hydrogens (primary N) is 1. The predicted molar refractivity (Wildman–Crippen MR) is 142 cm³/mol. The average Bonchev–Trinajstić information content (AvgIpc) is 2.73. The molecular weight excluding hydrogens is 404 g/mol. The molecular formula is C26H55NNa2O2. The second-order valence-electron chi connectivity index (χ2n) is 8.93. The molecule has 0 aliphatic heterocycles. The van der Waals surface area contributed by atoms with Crippen LogP contribution in [-0.4, -0.2) is 77.7 Å². The molecule has 0 amide bonds. The molecule has 0 aliphatic carbocycles. The van der Waals surface area contributed by atoms with Gasteiger partial charge in [0.1, 0.15) is 6.04 Å². The molecule has 0 spiro atoms. The second kappa shape index (κ2) is 31.4. The third-order valence-corrected chi connectivity index (χ3v) is 5.91.